The SMILES string of the molecule is Cc1cc(N2CCOCC2)nc2c(CN)cccc12. The van der Waals surface area contributed by atoms with Gasteiger partial charge in [-0.2, -0.15) is 0 Å². The van der Waals surface area contributed by atoms with Gasteiger partial charge in [-0.15, -0.1) is 0 Å². The number of anilines is 1. The van der Waals surface area contributed by atoms with Gasteiger partial charge in [-0.1, -0.05) is 18.2 Å². The zero-order chi connectivity index (χ0) is 13.2. The van der Waals surface area contributed by atoms with Crippen LogP contribution in [0.3, 0.4) is 0 Å². The minimum atomic E-state index is 0.524. The first kappa shape index (κ1) is 12.4. The molecule has 2 N–H and O–H groups in total. The van der Waals surface area contributed by atoms with Crippen LogP contribution in [0.2, 0.25) is 0 Å². The smallest absolute Gasteiger partial charge is 0.129 e. The number of benzene rings is 1. The lowest BCUT2D eigenvalue weighted by molar-refractivity contribution is 0.122. The number of rotatable bonds is 2. The van der Waals surface area contributed by atoms with E-state index in [-0.39, 0.29) is 0 Å². The molecule has 1 aromatic heterocycles. The Balaban J connectivity index is 2.11. The number of aryl methyl sites for hydroxylation is 1. The minimum absolute atomic E-state index is 0.524. The first-order chi connectivity index (χ1) is 9.29. The van der Waals surface area contributed by atoms with Crippen molar-refractivity contribution in [2.45, 2.75) is 13.5 Å². The molecule has 1 saturated heterocycles. The molecule has 2 aromatic rings. The highest BCUT2D eigenvalue weighted by Gasteiger charge is 2.14. The van der Waals surface area contributed by atoms with Gasteiger partial charge in [0.25, 0.3) is 0 Å². The summed E-state index contributed by atoms with van der Waals surface area (Å²) in [7, 11) is 0. The van der Waals surface area contributed by atoms with Gasteiger partial charge in [0.05, 0.1) is 18.7 Å². The van der Waals surface area contributed by atoms with Gasteiger partial charge >= 0.3 is 0 Å². The summed E-state index contributed by atoms with van der Waals surface area (Å²) < 4.78 is 5.39. The molecule has 3 rings (SSSR count). The van der Waals surface area contributed by atoms with E-state index >= 15 is 0 Å². The largest absolute Gasteiger partial charge is 0.378 e. The summed E-state index contributed by atoms with van der Waals surface area (Å²) >= 11 is 0. The van der Waals surface area contributed by atoms with Crippen molar-refractivity contribution >= 4 is 16.7 Å². The van der Waals surface area contributed by atoms with Crippen LogP contribution in [0.25, 0.3) is 10.9 Å². The molecule has 4 nitrogen and oxygen atoms in total. The molecular weight excluding hydrogens is 238 g/mol. The lowest BCUT2D eigenvalue weighted by atomic mass is 10.1. The fourth-order valence-electron chi connectivity index (χ4n) is 2.58. The molecule has 1 aliphatic heterocycles. The van der Waals surface area contributed by atoms with E-state index in [2.05, 4.69) is 30.0 Å². The first-order valence-corrected chi connectivity index (χ1v) is 6.71. The van der Waals surface area contributed by atoms with Crippen LogP contribution in [0.15, 0.2) is 24.3 Å². The van der Waals surface area contributed by atoms with Crippen LogP contribution < -0.4 is 10.6 Å². The summed E-state index contributed by atoms with van der Waals surface area (Å²) in [5.74, 6) is 1.04. The zero-order valence-corrected chi connectivity index (χ0v) is 11.2. The number of fused-ring (bicyclic) bond motifs is 1. The van der Waals surface area contributed by atoms with E-state index in [4.69, 9.17) is 15.5 Å². The number of nitrogens with two attached hydrogens (primary N) is 1. The number of ether oxygens (including phenoxy) is 1. The highest BCUT2D eigenvalue weighted by Crippen LogP contribution is 2.25. The summed E-state index contributed by atoms with van der Waals surface area (Å²) in [6.07, 6.45) is 0. The van der Waals surface area contributed by atoms with Crippen LogP contribution >= 0.6 is 0 Å². The molecule has 0 radical (unpaired) electrons. The van der Waals surface area contributed by atoms with E-state index in [0.717, 1.165) is 43.2 Å². The topological polar surface area (TPSA) is 51.4 Å². The van der Waals surface area contributed by atoms with Gasteiger partial charge < -0.3 is 15.4 Å². The molecule has 4 heteroatoms. The van der Waals surface area contributed by atoms with E-state index in [1.54, 1.807) is 0 Å². The van der Waals surface area contributed by atoms with Crippen molar-refractivity contribution < 1.29 is 4.74 Å². The molecule has 1 aliphatic rings. The van der Waals surface area contributed by atoms with Gasteiger partial charge in [-0.05, 0) is 24.1 Å². The molecule has 19 heavy (non-hydrogen) atoms. The third-order valence-electron chi connectivity index (χ3n) is 3.67. The van der Waals surface area contributed by atoms with Crippen LogP contribution in [0.5, 0.6) is 0 Å². The number of pyridine rings is 1. The quantitative estimate of drug-likeness (QED) is 0.892. The summed E-state index contributed by atoms with van der Waals surface area (Å²) in [5, 5.41) is 1.19. The predicted molar refractivity (Wildman–Crippen MR) is 77.4 cm³/mol. The van der Waals surface area contributed by atoms with Crippen LogP contribution in [-0.4, -0.2) is 31.3 Å². The van der Waals surface area contributed by atoms with Crippen LogP contribution in [0.4, 0.5) is 5.82 Å². The van der Waals surface area contributed by atoms with Crippen molar-refractivity contribution in [3.63, 3.8) is 0 Å². The van der Waals surface area contributed by atoms with Crippen LogP contribution in [0.1, 0.15) is 11.1 Å². The van der Waals surface area contributed by atoms with Gasteiger partial charge in [-0.3, -0.25) is 0 Å². The maximum Gasteiger partial charge on any atom is 0.129 e. The van der Waals surface area contributed by atoms with Gasteiger partial charge in [0.15, 0.2) is 0 Å². The van der Waals surface area contributed by atoms with Gasteiger partial charge in [-0.25, -0.2) is 4.98 Å². The second-order valence-electron chi connectivity index (χ2n) is 4.91. The Morgan fingerprint density at radius 2 is 2.11 bits per heavy atom. The molecular formula is C15H19N3O. The number of hydrogen-bond acceptors (Lipinski definition) is 4. The molecule has 0 amide bonds. The van der Waals surface area contributed by atoms with E-state index in [9.17, 15) is 0 Å². The number of para-hydroxylation sites is 1. The molecule has 0 saturated carbocycles. The average molecular weight is 257 g/mol. The average Bonchev–Trinajstić information content (AvgIpc) is 2.47. The Hall–Kier alpha value is -1.65. The standard InChI is InChI=1S/C15H19N3O/c1-11-9-14(18-5-7-19-8-6-18)17-15-12(10-16)3-2-4-13(11)15/h2-4,9H,5-8,10,16H2,1H3. The maximum absolute atomic E-state index is 5.82. The Morgan fingerprint density at radius 1 is 1.32 bits per heavy atom. The summed E-state index contributed by atoms with van der Waals surface area (Å²) in [6.45, 7) is 6.02. The first-order valence-electron chi connectivity index (χ1n) is 6.71. The summed E-state index contributed by atoms with van der Waals surface area (Å²) in [5.41, 5.74) is 9.21. The molecule has 0 spiro atoms. The maximum atomic E-state index is 5.82. The monoisotopic (exact) mass is 257 g/mol. The van der Waals surface area contributed by atoms with Crippen molar-refractivity contribution in [3.05, 3.63) is 35.4 Å². The van der Waals surface area contributed by atoms with Crippen molar-refractivity contribution in [2.24, 2.45) is 5.73 Å². The van der Waals surface area contributed by atoms with E-state index in [0.29, 0.717) is 6.54 Å². The number of aromatic nitrogens is 1. The normalized spacial score (nSPS) is 16.0. The third-order valence-corrected chi connectivity index (χ3v) is 3.67. The summed E-state index contributed by atoms with van der Waals surface area (Å²) in [4.78, 5) is 7.10. The molecule has 1 aromatic carbocycles. The Labute approximate surface area is 113 Å². The van der Waals surface area contributed by atoms with Gasteiger partial charge in [0, 0.05) is 25.0 Å². The number of hydrogen-bond donors (Lipinski definition) is 1. The molecule has 0 atom stereocenters. The van der Waals surface area contributed by atoms with E-state index in [1.807, 2.05) is 6.07 Å². The molecule has 0 aliphatic carbocycles. The van der Waals surface area contributed by atoms with Crippen LogP contribution in [0, 0.1) is 6.92 Å². The Kier molecular flexibility index (Phi) is 3.36. The number of morpholine rings is 1. The zero-order valence-electron chi connectivity index (χ0n) is 11.2. The minimum Gasteiger partial charge on any atom is -0.378 e. The summed E-state index contributed by atoms with van der Waals surface area (Å²) in [6, 6.07) is 8.37. The van der Waals surface area contributed by atoms with Crippen LogP contribution in [-0.2, 0) is 11.3 Å². The van der Waals surface area contributed by atoms with Gasteiger partial charge in [0.1, 0.15) is 5.82 Å². The molecule has 0 unspecified atom stereocenters. The molecule has 2 heterocycles. The molecule has 100 valence electrons. The van der Waals surface area contributed by atoms with Crippen molar-refractivity contribution in [3.8, 4) is 0 Å². The highest BCUT2D eigenvalue weighted by atomic mass is 16.5. The van der Waals surface area contributed by atoms with E-state index in [1.165, 1.54) is 10.9 Å². The second kappa shape index (κ2) is 5.15. The Bertz CT molecular complexity index is 591. The van der Waals surface area contributed by atoms with Crippen molar-refractivity contribution in [1.29, 1.82) is 0 Å². The highest BCUT2D eigenvalue weighted by molar-refractivity contribution is 5.86. The van der Waals surface area contributed by atoms with E-state index < -0.39 is 0 Å². The van der Waals surface area contributed by atoms with Crippen molar-refractivity contribution in [2.75, 3.05) is 31.2 Å². The fourth-order valence-corrected chi connectivity index (χ4v) is 2.58. The van der Waals surface area contributed by atoms with Gasteiger partial charge in [0.2, 0.25) is 0 Å². The second-order valence-corrected chi connectivity index (χ2v) is 4.91. The lowest BCUT2D eigenvalue weighted by Crippen LogP contribution is -2.36. The van der Waals surface area contributed by atoms with Crippen molar-refractivity contribution in [1.82, 2.24) is 4.98 Å². The fraction of sp³-hybridized carbons (Fsp3) is 0.400. The predicted octanol–water partition coefficient (Wildman–Crippen LogP) is 1.84. The number of nitrogens with zero attached hydrogens (tertiary/aromatic N) is 2. The molecule has 0 bridgehead atoms. The third kappa shape index (κ3) is 2.29. The lowest BCUT2D eigenvalue weighted by Gasteiger charge is -2.28. The molecule has 1 fully saturated rings. The Morgan fingerprint density at radius 3 is 2.84 bits per heavy atom.